The van der Waals surface area contributed by atoms with Crippen molar-refractivity contribution in [3.8, 4) is 11.5 Å². The fraction of sp³-hybridized carbons (Fsp3) is 0.300. The van der Waals surface area contributed by atoms with Gasteiger partial charge in [0.2, 0.25) is 0 Å². The zero-order valence-electron chi connectivity index (χ0n) is 15.5. The topological polar surface area (TPSA) is 63.7 Å². The Morgan fingerprint density at radius 1 is 1.33 bits per heavy atom. The highest BCUT2D eigenvalue weighted by Crippen LogP contribution is 2.41. The Balaban J connectivity index is 1.72. The van der Waals surface area contributed by atoms with Crippen molar-refractivity contribution in [3.05, 3.63) is 47.0 Å². The van der Waals surface area contributed by atoms with E-state index < -0.39 is 0 Å². The van der Waals surface area contributed by atoms with Crippen LogP contribution in [0.1, 0.15) is 27.7 Å². The first-order valence-electron chi connectivity index (χ1n) is 8.75. The zero-order valence-corrected chi connectivity index (χ0v) is 16.3. The minimum Gasteiger partial charge on any atom is -0.495 e. The fourth-order valence-electron chi connectivity index (χ4n) is 3.40. The first-order valence-corrected chi connectivity index (χ1v) is 9.57. The van der Waals surface area contributed by atoms with E-state index in [9.17, 15) is 4.79 Å². The predicted octanol–water partition coefficient (Wildman–Crippen LogP) is 3.62. The van der Waals surface area contributed by atoms with Gasteiger partial charge in [-0.1, -0.05) is 18.2 Å². The lowest BCUT2D eigenvalue weighted by atomic mass is 10.0. The van der Waals surface area contributed by atoms with Crippen molar-refractivity contribution < 1.29 is 14.3 Å². The summed E-state index contributed by atoms with van der Waals surface area (Å²) in [4.78, 5) is 20.2. The molecule has 27 heavy (non-hydrogen) atoms. The molecule has 3 heterocycles. The minimum absolute atomic E-state index is 0.0717. The molecule has 0 unspecified atom stereocenters. The average Bonchev–Trinajstić information content (AvgIpc) is 3.08. The molecule has 0 bridgehead atoms. The largest absolute Gasteiger partial charge is 0.495 e. The molecule has 0 fully saturated rings. The second kappa shape index (κ2) is 7.08. The summed E-state index contributed by atoms with van der Waals surface area (Å²) >= 11 is 1.41. The number of benzene rings is 1. The molecular weight excluding hydrogens is 362 g/mol. The van der Waals surface area contributed by atoms with Gasteiger partial charge >= 0.3 is 0 Å². The summed E-state index contributed by atoms with van der Waals surface area (Å²) in [6.45, 7) is 0.588. The molecule has 4 rings (SSSR count). The minimum atomic E-state index is -0.106. The van der Waals surface area contributed by atoms with Crippen LogP contribution < -0.4 is 19.7 Å². The Morgan fingerprint density at radius 3 is 2.93 bits per heavy atom. The smallest absolute Gasteiger partial charge is 0.264 e. The van der Waals surface area contributed by atoms with E-state index in [1.807, 2.05) is 49.3 Å². The van der Waals surface area contributed by atoms with Gasteiger partial charge in [-0.25, -0.2) is 0 Å². The highest BCUT2D eigenvalue weighted by atomic mass is 32.1. The number of carbonyl (C=O) groups is 1. The Hall–Kier alpha value is -2.80. The summed E-state index contributed by atoms with van der Waals surface area (Å²) in [6, 6.07) is 9.59. The maximum Gasteiger partial charge on any atom is 0.264 e. The maximum atomic E-state index is 13.2. The van der Waals surface area contributed by atoms with Crippen molar-refractivity contribution in [2.24, 2.45) is 0 Å². The van der Waals surface area contributed by atoms with Crippen LogP contribution >= 0.6 is 11.3 Å². The zero-order chi connectivity index (χ0) is 19.0. The van der Waals surface area contributed by atoms with Crippen LogP contribution in [0.5, 0.6) is 11.5 Å². The molecule has 2 aromatic heterocycles. The summed E-state index contributed by atoms with van der Waals surface area (Å²) in [5.74, 6) is 1.45. The van der Waals surface area contributed by atoms with Crippen molar-refractivity contribution in [3.63, 3.8) is 0 Å². The van der Waals surface area contributed by atoms with E-state index in [4.69, 9.17) is 9.47 Å². The highest BCUT2D eigenvalue weighted by molar-refractivity contribution is 7.22. The number of rotatable bonds is 4. The van der Waals surface area contributed by atoms with Gasteiger partial charge in [0.1, 0.15) is 21.9 Å². The number of hydrogen-bond acceptors (Lipinski definition) is 6. The molecule has 0 saturated carbocycles. The molecule has 3 aromatic rings. The number of aromatic nitrogens is 1. The van der Waals surface area contributed by atoms with Crippen LogP contribution in [0.4, 0.5) is 5.69 Å². The van der Waals surface area contributed by atoms with Crippen LogP contribution in [0.15, 0.2) is 36.5 Å². The van der Waals surface area contributed by atoms with Crippen molar-refractivity contribution in [2.45, 2.75) is 12.5 Å². The van der Waals surface area contributed by atoms with E-state index in [0.717, 1.165) is 39.4 Å². The first kappa shape index (κ1) is 17.6. The number of nitrogens with one attached hydrogen (secondary N) is 1. The van der Waals surface area contributed by atoms with Gasteiger partial charge < -0.3 is 19.7 Å². The number of thiophene rings is 1. The number of hydrogen-bond donors (Lipinski definition) is 1. The summed E-state index contributed by atoms with van der Waals surface area (Å²) < 4.78 is 12.0. The number of anilines is 1. The van der Waals surface area contributed by atoms with Gasteiger partial charge in [-0.05, 0) is 12.1 Å². The lowest BCUT2D eigenvalue weighted by Crippen LogP contribution is -2.32. The molecule has 1 aliphatic rings. The molecule has 7 heteroatoms. The standard InChI is InChI=1S/C20H21N3O3S/c1-23(2)17-16-18(15(25-3)8-10-21-16)27-19(17)20(24)22-13-9-11-26-14-7-5-4-6-12(13)14/h4-8,10,13H,9,11H2,1-3H3,(H,22,24)/t13-/m0/s1. The second-order valence-corrected chi connectivity index (χ2v) is 7.59. The van der Waals surface area contributed by atoms with E-state index in [1.54, 1.807) is 13.3 Å². The SMILES string of the molecule is COc1ccnc2c(N(C)C)c(C(=O)N[C@H]3CCOc4ccccc43)sc12. The number of methoxy groups -OCH3 is 1. The Kier molecular flexibility index (Phi) is 4.61. The van der Waals surface area contributed by atoms with E-state index in [1.165, 1.54) is 11.3 Å². The van der Waals surface area contributed by atoms with Crippen LogP contribution in [0, 0.1) is 0 Å². The van der Waals surface area contributed by atoms with E-state index in [0.29, 0.717) is 11.5 Å². The predicted molar refractivity (Wildman–Crippen MR) is 107 cm³/mol. The quantitative estimate of drug-likeness (QED) is 0.745. The van der Waals surface area contributed by atoms with Crippen LogP contribution in [0.25, 0.3) is 10.2 Å². The third kappa shape index (κ3) is 3.08. The number of pyridine rings is 1. The van der Waals surface area contributed by atoms with Crippen molar-refractivity contribution >= 4 is 33.1 Å². The molecule has 140 valence electrons. The van der Waals surface area contributed by atoms with Crippen molar-refractivity contribution in [2.75, 3.05) is 32.7 Å². The maximum absolute atomic E-state index is 13.2. The molecule has 0 radical (unpaired) electrons. The van der Waals surface area contributed by atoms with Crippen molar-refractivity contribution in [1.82, 2.24) is 10.3 Å². The third-order valence-corrected chi connectivity index (χ3v) is 5.83. The number of fused-ring (bicyclic) bond motifs is 2. The van der Waals surface area contributed by atoms with Gasteiger partial charge in [0.15, 0.2) is 0 Å². The molecule has 0 saturated heterocycles. The number of amides is 1. The molecule has 0 aliphatic carbocycles. The molecule has 1 atom stereocenters. The third-order valence-electron chi connectivity index (χ3n) is 4.65. The van der Waals surface area contributed by atoms with Crippen molar-refractivity contribution in [1.29, 1.82) is 0 Å². The lowest BCUT2D eigenvalue weighted by Gasteiger charge is -2.26. The van der Waals surface area contributed by atoms with Crippen LogP contribution in [0.3, 0.4) is 0 Å². The molecule has 1 N–H and O–H groups in total. The average molecular weight is 383 g/mol. The summed E-state index contributed by atoms with van der Waals surface area (Å²) in [5, 5.41) is 3.18. The van der Waals surface area contributed by atoms with E-state index in [2.05, 4.69) is 10.3 Å². The fourth-order valence-corrected chi connectivity index (χ4v) is 4.63. The van der Waals surface area contributed by atoms with Gasteiger partial charge in [0.25, 0.3) is 5.91 Å². The molecular formula is C20H21N3O3S. The van der Waals surface area contributed by atoms with Gasteiger partial charge in [-0.3, -0.25) is 9.78 Å². The Bertz CT molecular complexity index is 999. The van der Waals surface area contributed by atoms with Gasteiger partial charge in [0.05, 0.1) is 30.1 Å². The summed E-state index contributed by atoms with van der Waals surface area (Å²) in [5.41, 5.74) is 2.61. The molecule has 0 spiro atoms. The number of para-hydroxylation sites is 1. The van der Waals surface area contributed by atoms with Crippen LogP contribution in [-0.2, 0) is 0 Å². The van der Waals surface area contributed by atoms with E-state index >= 15 is 0 Å². The number of carbonyl (C=O) groups excluding carboxylic acids is 1. The van der Waals surface area contributed by atoms with Gasteiger partial charge in [-0.2, -0.15) is 0 Å². The molecule has 1 aromatic carbocycles. The van der Waals surface area contributed by atoms with E-state index in [-0.39, 0.29) is 11.9 Å². The first-order chi connectivity index (χ1) is 13.1. The molecule has 1 aliphatic heterocycles. The Labute approximate surface area is 161 Å². The van der Waals surface area contributed by atoms with Crippen LogP contribution in [-0.4, -0.2) is 38.7 Å². The lowest BCUT2D eigenvalue weighted by molar-refractivity contribution is 0.0929. The highest BCUT2D eigenvalue weighted by Gasteiger charge is 2.27. The van der Waals surface area contributed by atoms with Crippen LogP contribution in [0.2, 0.25) is 0 Å². The summed E-state index contributed by atoms with van der Waals surface area (Å²) in [6.07, 6.45) is 2.45. The number of nitrogens with zero attached hydrogens (tertiary/aromatic N) is 2. The van der Waals surface area contributed by atoms with Gasteiger partial charge in [0, 0.05) is 32.3 Å². The summed E-state index contributed by atoms with van der Waals surface area (Å²) in [7, 11) is 5.47. The monoisotopic (exact) mass is 383 g/mol. The Morgan fingerprint density at radius 2 is 2.15 bits per heavy atom. The molecule has 1 amide bonds. The second-order valence-electron chi connectivity index (χ2n) is 6.57. The number of ether oxygens (including phenoxy) is 2. The normalized spacial score (nSPS) is 15.7. The van der Waals surface area contributed by atoms with Gasteiger partial charge in [-0.15, -0.1) is 11.3 Å². The molecule has 6 nitrogen and oxygen atoms in total.